The van der Waals surface area contributed by atoms with Gasteiger partial charge >= 0.3 is 0 Å². The molecule has 1 atom stereocenters. The van der Waals surface area contributed by atoms with E-state index in [2.05, 4.69) is 45.8 Å². The summed E-state index contributed by atoms with van der Waals surface area (Å²) in [7, 11) is 0. The Morgan fingerprint density at radius 1 is 1.42 bits per heavy atom. The summed E-state index contributed by atoms with van der Waals surface area (Å²) in [5.41, 5.74) is 3.07. The lowest BCUT2D eigenvalue weighted by Crippen LogP contribution is -2.19. The normalized spacial score (nSPS) is 22.3. The molecule has 0 aliphatic carbocycles. The van der Waals surface area contributed by atoms with Crippen LogP contribution in [0.2, 0.25) is 0 Å². The second kappa shape index (κ2) is 5.02. The Morgan fingerprint density at radius 3 is 2.08 bits per heavy atom. The van der Waals surface area contributed by atoms with Crippen LogP contribution < -0.4 is 0 Å². The number of nitrogens with zero attached hydrogens (tertiary/aromatic N) is 1. The summed E-state index contributed by atoms with van der Waals surface area (Å²) in [5, 5.41) is 0. The van der Waals surface area contributed by atoms with Crippen molar-refractivity contribution in [2.45, 2.75) is 27.7 Å². The number of hydrogen-bond acceptors (Lipinski definition) is 1. The van der Waals surface area contributed by atoms with E-state index in [4.69, 9.17) is 0 Å². The maximum absolute atomic E-state index is 3.00. The van der Waals surface area contributed by atoms with Crippen LogP contribution in [0.25, 0.3) is 0 Å². The number of hydrogen-bond donors (Lipinski definition) is 0. The van der Waals surface area contributed by atoms with Crippen LogP contribution in [0, 0.1) is 5.92 Å². The lowest BCUT2D eigenvalue weighted by Gasteiger charge is -2.17. The topological polar surface area (TPSA) is 3.24 Å². The van der Waals surface area contributed by atoms with Gasteiger partial charge in [0.05, 0.1) is 0 Å². The Morgan fingerprint density at radius 2 is 1.92 bits per heavy atom. The third kappa shape index (κ3) is 2.13. The molecule has 0 saturated heterocycles. The summed E-state index contributed by atoms with van der Waals surface area (Å²) in [6.45, 7) is 17.4. The van der Waals surface area contributed by atoms with Crippen LogP contribution in [0.15, 0.2) is 24.4 Å². The van der Waals surface area contributed by atoms with Crippen LogP contribution in [-0.4, -0.2) is 18.0 Å². The van der Waals surface area contributed by atoms with Gasteiger partial charge in [-0.25, -0.2) is 0 Å². The zero-order valence-electron chi connectivity index (χ0n) is 8.85. The molecule has 1 heteroatoms. The Kier molecular flexibility index (Phi) is 4.72. The number of rotatable bonds is 1. The van der Waals surface area contributed by atoms with Crippen LogP contribution >= 0.6 is 0 Å². The van der Waals surface area contributed by atoms with E-state index in [0.29, 0.717) is 0 Å². The lowest BCUT2D eigenvalue weighted by atomic mass is 10.1. The highest BCUT2D eigenvalue weighted by molar-refractivity contribution is 5.17. The molecule has 1 nitrogen and oxygen atoms in total. The van der Waals surface area contributed by atoms with Gasteiger partial charge in [-0.3, -0.25) is 0 Å². The van der Waals surface area contributed by atoms with Gasteiger partial charge in [0, 0.05) is 18.8 Å². The zero-order valence-corrected chi connectivity index (χ0v) is 8.85. The Balaban J connectivity index is 0.000000561. The predicted molar refractivity (Wildman–Crippen MR) is 56.0 cm³/mol. The SMILES string of the molecule is C=C.CCN1CC(C)C(C)=C1C. The van der Waals surface area contributed by atoms with Gasteiger partial charge in [-0.15, -0.1) is 13.2 Å². The Labute approximate surface area is 76.8 Å². The molecule has 1 heterocycles. The van der Waals surface area contributed by atoms with Crippen molar-refractivity contribution in [2.75, 3.05) is 13.1 Å². The van der Waals surface area contributed by atoms with Crippen molar-refractivity contribution < 1.29 is 0 Å². The molecule has 0 radical (unpaired) electrons. The summed E-state index contributed by atoms with van der Waals surface area (Å²) < 4.78 is 0. The predicted octanol–water partition coefficient (Wildman–Crippen LogP) is 3.05. The first-order valence-electron chi connectivity index (χ1n) is 4.59. The maximum atomic E-state index is 3.00. The average Bonchev–Trinajstić information content (AvgIpc) is 2.36. The van der Waals surface area contributed by atoms with Gasteiger partial charge in [-0.1, -0.05) is 6.92 Å². The molecule has 0 bridgehead atoms. The van der Waals surface area contributed by atoms with Crippen molar-refractivity contribution in [3.8, 4) is 0 Å². The molecule has 1 aliphatic heterocycles. The van der Waals surface area contributed by atoms with E-state index in [1.807, 2.05) is 0 Å². The van der Waals surface area contributed by atoms with Crippen molar-refractivity contribution in [1.82, 2.24) is 4.90 Å². The van der Waals surface area contributed by atoms with Gasteiger partial charge < -0.3 is 4.90 Å². The first-order chi connectivity index (χ1) is 5.66. The quantitative estimate of drug-likeness (QED) is 0.542. The molecule has 1 aliphatic rings. The minimum Gasteiger partial charge on any atom is -0.375 e. The smallest absolute Gasteiger partial charge is 0.0238 e. The first-order valence-corrected chi connectivity index (χ1v) is 4.59. The van der Waals surface area contributed by atoms with Gasteiger partial charge in [-0.2, -0.15) is 0 Å². The first kappa shape index (κ1) is 11.3. The van der Waals surface area contributed by atoms with Crippen LogP contribution in [0.1, 0.15) is 27.7 Å². The molecule has 70 valence electrons. The van der Waals surface area contributed by atoms with Crippen LogP contribution in [-0.2, 0) is 0 Å². The minimum absolute atomic E-state index is 0.778. The molecular formula is C11H21N. The Bertz CT molecular complexity index is 170. The molecular weight excluding hydrogens is 146 g/mol. The number of allylic oxidation sites excluding steroid dienone is 1. The van der Waals surface area contributed by atoms with Crippen molar-refractivity contribution in [3.05, 3.63) is 24.4 Å². The van der Waals surface area contributed by atoms with E-state index in [9.17, 15) is 0 Å². The van der Waals surface area contributed by atoms with Crippen molar-refractivity contribution in [2.24, 2.45) is 5.92 Å². The second-order valence-corrected chi connectivity index (χ2v) is 3.21. The van der Waals surface area contributed by atoms with Crippen molar-refractivity contribution >= 4 is 0 Å². The lowest BCUT2D eigenvalue weighted by molar-refractivity contribution is 0.370. The van der Waals surface area contributed by atoms with E-state index >= 15 is 0 Å². The van der Waals surface area contributed by atoms with Crippen LogP contribution in [0.5, 0.6) is 0 Å². The molecule has 0 N–H and O–H groups in total. The molecule has 0 aromatic rings. The van der Waals surface area contributed by atoms with Gasteiger partial charge in [0.2, 0.25) is 0 Å². The summed E-state index contributed by atoms with van der Waals surface area (Å²) in [4.78, 5) is 2.44. The molecule has 0 amide bonds. The summed E-state index contributed by atoms with van der Waals surface area (Å²) >= 11 is 0. The fraction of sp³-hybridized carbons (Fsp3) is 0.636. The average molecular weight is 167 g/mol. The molecule has 0 spiro atoms. The molecule has 0 fully saturated rings. The third-order valence-electron chi connectivity index (χ3n) is 2.66. The van der Waals surface area contributed by atoms with E-state index in [0.717, 1.165) is 12.5 Å². The second-order valence-electron chi connectivity index (χ2n) is 3.21. The highest BCUT2D eigenvalue weighted by Crippen LogP contribution is 2.26. The Hall–Kier alpha value is -0.720. The van der Waals surface area contributed by atoms with E-state index < -0.39 is 0 Å². The summed E-state index contributed by atoms with van der Waals surface area (Å²) in [6, 6.07) is 0. The summed E-state index contributed by atoms with van der Waals surface area (Å²) in [6.07, 6.45) is 0. The van der Waals surface area contributed by atoms with Crippen LogP contribution in [0.4, 0.5) is 0 Å². The fourth-order valence-corrected chi connectivity index (χ4v) is 1.58. The van der Waals surface area contributed by atoms with Crippen molar-refractivity contribution in [1.29, 1.82) is 0 Å². The monoisotopic (exact) mass is 167 g/mol. The fourth-order valence-electron chi connectivity index (χ4n) is 1.58. The van der Waals surface area contributed by atoms with Gasteiger partial charge in [0.15, 0.2) is 0 Å². The van der Waals surface area contributed by atoms with Gasteiger partial charge in [0.1, 0.15) is 0 Å². The van der Waals surface area contributed by atoms with E-state index in [-0.39, 0.29) is 0 Å². The molecule has 1 rings (SSSR count). The molecule has 1 unspecified atom stereocenters. The largest absolute Gasteiger partial charge is 0.375 e. The van der Waals surface area contributed by atoms with E-state index in [1.165, 1.54) is 12.2 Å². The highest BCUT2D eigenvalue weighted by Gasteiger charge is 2.20. The van der Waals surface area contributed by atoms with Crippen molar-refractivity contribution in [3.63, 3.8) is 0 Å². The molecule has 0 aromatic carbocycles. The van der Waals surface area contributed by atoms with Gasteiger partial charge in [0.25, 0.3) is 0 Å². The molecule has 12 heavy (non-hydrogen) atoms. The summed E-state index contributed by atoms with van der Waals surface area (Å²) in [5.74, 6) is 0.778. The highest BCUT2D eigenvalue weighted by atomic mass is 15.1. The van der Waals surface area contributed by atoms with E-state index in [1.54, 1.807) is 5.57 Å². The zero-order chi connectivity index (χ0) is 9.72. The maximum Gasteiger partial charge on any atom is 0.0238 e. The third-order valence-corrected chi connectivity index (χ3v) is 2.66. The van der Waals surface area contributed by atoms with Crippen LogP contribution in [0.3, 0.4) is 0 Å². The molecule has 0 saturated carbocycles. The minimum atomic E-state index is 0.778. The standard InChI is InChI=1S/C9H17N.C2H4/c1-5-10-6-7(2)8(3)9(10)4;1-2/h7H,5-6H2,1-4H3;1-2H2. The van der Waals surface area contributed by atoms with Gasteiger partial charge in [-0.05, 0) is 32.3 Å². The molecule has 0 aromatic heterocycles.